The highest BCUT2D eigenvalue weighted by atomic mass is 16.3. The van der Waals surface area contributed by atoms with E-state index in [1.807, 2.05) is 0 Å². The quantitative estimate of drug-likeness (QED) is 0.580. The first-order valence-corrected chi connectivity index (χ1v) is 6.95. The lowest BCUT2D eigenvalue weighted by molar-refractivity contribution is -0.123. The van der Waals surface area contributed by atoms with Crippen molar-refractivity contribution in [3.63, 3.8) is 0 Å². The zero-order valence-electron chi connectivity index (χ0n) is 11.7. The molecule has 0 aromatic heterocycles. The lowest BCUT2D eigenvalue weighted by atomic mass is 9.77. The average molecular weight is 243 g/mol. The molecule has 0 radical (unpaired) electrons. The van der Waals surface area contributed by atoms with Gasteiger partial charge in [-0.25, -0.2) is 0 Å². The number of carbonyl (C=O) groups is 1. The number of nitrogens with one attached hydrogen (secondary N) is 1. The molecule has 0 aliphatic rings. The van der Waals surface area contributed by atoms with Crippen molar-refractivity contribution in [2.45, 2.75) is 65.7 Å². The molecule has 0 aromatic carbocycles. The van der Waals surface area contributed by atoms with E-state index < -0.39 is 6.61 Å². The summed E-state index contributed by atoms with van der Waals surface area (Å²) in [5.41, 5.74) is 0.477. The molecule has 0 fully saturated rings. The van der Waals surface area contributed by atoms with Crippen LogP contribution in [0.25, 0.3) is 0 Å². The van der Waals surface area contributed by atoms with Crippen LogP contribution in [0, 0.1) is 5.41 Å². The predicted molar refractivity (Wildman–Crippen MR) is 71.9 cm³/mol. The zero-order chi connectivity index (χ0) is 13.1. The van der Waals surface area contributed by atoms with Gasteiger partial charge in [-0.1, -0.05) is 40.0 Å². The van der Waals surface area contributed by atoms with Gasteiger partial charge in [-0.05, 0) is 31.1 Å². The minimum absolute atomic E-state index is 0.269. The fourth-order valence-corrected chi connectivity index (χ4v) is 2.54. The lowest BCUT2D eigenvalue weighted by Crippen LogP contribution is -2.27. The van der Waals surface area contributed by atoms with Crippen molar-refractivity contribution < 1.29 is 9.90 Å². The highest BCUT2D eigenvalue weighted by molar-refractivity contribution is 5.76. The number of carbonyl (C=O) groups excluding carboxylic acids is 1. The van der Waals surface area contributed by atoms with Gasteiger partial charge in [0.15, 0.2) is 0 Å². The molecule has 0 saturated heterocycles. The van der Waals surface area contributed by atoms with E-state index in [4.69, 9.17) is 5.11 Å². The summed E-state index contributed by atoms with van der Waals surface area (Å²) in [5.74, 6) is -0.269. The van der Waals surface area contributed by atoms with E-state index in [9.17, 15) is 4.79 Å². The molecule has 2 N–H and O–H groups in total. The summed E-state index contributed by atoms with van der Waals surface area (Å²) in [6.07, 6.45) is 8.49. The second-order valence-corrected chi connectivity index (χ2v) is 5.28. The van der Waals surface area contributed by atoms with E-state index in [0.717, 1.165) is 12.8 Å². The fourth-order valence-electron chi connectivity index (χ4n) is 2.54. The number of hydrogen-bond acceptors (Lipinski definition) is 2. The van der Waals surface area contributed by atoms with Crippen molar-refractivity contribution in [2.75, 3.05) is 13.2 Å². The Balaban J connectivity index is 3.71. The van der Waals surface area contributed by atoms with Crippen LogP contribution in [0.2, 0.25) is 0 Å². The Kier molecular flexibility index (Phi) is 9.14. The van der Waals surface area contributed by atoms with Crippen molar-refractivity contribution in [2.24, 2.45) is 5.41 Å². The smallest absolute Gasteiger partial charge is 0.245 e. The fraction of sp³-hybridized carbons (Fsp3) is 0.929. The van der Waals surface area contributed by atoms with E-state index in [-0.39, 0.29) is 5.91 Å². The zero-order valence-corrected chi connectivity index (χ0v) is 11.7. The van der Waals surface area contributed by atoms with Crippen LogP contribution < -0.4 is 5.32 Å². The van der Waals surface area contributed by atoms with Gasteiger partial charge in [0, 0.05) is 6.54 Å². The van der Waals surface area contributed by atoms with Gasteiger partial charge in [-0.2, -0.15) is 0 Å². The summed E-state index contributed by atoms with van der Waals surface area (Å²) in [7, 11) is 0. The van der Waals surface area contributed by atoms with Crippen molar-refractivity contribution in [3.05, 3.63) is 0 Å². The molecule has 0 aromatic rings. The van der Waals surface area contributed by atoms with Gasteiger partial charge in [-0.15, -0.1) is 0 Å². The van der Waals surface area contributed by atoms with Crippen LogP contribution >= 0.6 is 0 Å². The van der Waals surface area contributed by atoms with Gasteiger partial charge in [0.05, 0.1) is 0 Å². The number of amides is 1. The summed E-state index contributed by atoms with van der Waals surface area (Å²) in [5, 5.41) is 11.2. The molecule has 0 bridgehead atoms. The molecule has 0 spiro atoms. The predicted octanol–water partition coefficient (Wildman–Crippen LogP) is 2.87. The maximum atomic E-state index is 10.8. The molecule has 102 valence electrons. The Bertz CT molecular complexity index is 198. The Morgan fingerprint density at radius 3 is 2.18 bits per heavy atom. The van der Waals surface area contributed by atoms with E-state index in [0.29, 0.717) is 12.0 Å². The summed E-state index contributed by atoms with van der Waals surface area (Å²) in [6.45, 7) is 7.16. The van der Waals surface area contributed by atoms with Crippen LogP contribution in [0.4, 0.5) is 0 Å². The number of aliphatic hydroxyl groups is 1. The lowest BCUT2D eigenvalue weighted by Gasteiger charge is -2.29. The largest absolute Gasteiger partial charge is 0.387 e. The maximum Gasteiger partial charge on any atom is 0.245 e. The summed E-state index contributed by atoms with van der Waals surface area (Å²) in [6, 6.07) is 0. The molecule has 0 heterocycles. The highest BCUT2D eigenvalue weighted by Crippen LogP contribution is 2.34. The maximum absolute atomic E-state index is 10.8. The van der Waals surface area contributed by atoms with Gasteiger partial charge < -0.3 is 10.4 Å². The van der Waals surface area contributed by atoms with E-state index in [2.05, 4.69) is 26.1 Å². The first-order chi connectivity index (χ1) is 8.08. The molecule has 1 amide bonds. The first kappa shape index (κ1) is 16.4. The minimum Gasteiger partial charge on any atom is -0.387 e. The summed E-state index contributed by atoms with van der Waals surface area (Å²) in [4.78, 5) is 10.8. The van der Waals surface area contributed by atoms with Crippen molar-refractivity contribution in [3.8, 4) is 0 Å². The number of rotatable bonds is 10. The van der Waals surface area contributed by atoms with Crippen LogP contribution in [0.15, 0.2) is 0 Å². The molecule has 0 atom stereocenters. The van der Waals surface area contributed by atoms with Gasteiger partial charge in [-0.3, -0.25) is 4.79 Å². The Labute approximate surface area is 106 Å². The molecule has 3 nitrogen and oxygen atoms in total. The third kappa shape index (κ3) is 8.19. The van der Waals surface area contributed by atoms with Crippen molar-refractivity contribution in [1.82, 2.24) is 5.32 Å². The topological polar surface area (TPSA) is 49.3 Å². The molecule has 0 rings (SSSR count). The van der Waals surface area contributed by atoms with Crippen LogP contribution in [-0.4, -0.2) is 24.2 Å². The van der Waals surface area contributed by atoms with Crippen molar-refractivity contribution >= 4 is 5.91 Å². The molecular weight excluding hydrogens is 214 g/mol. The second-order valence-electron chi connectivity index (χ2n) is 5.28. The molecule has 0 aliphatic heterocycles. The van der Waals surface area contributed by atoms with Gasteiger partial charge in [0.1, 0.15) is 6.61 Å². The van der Waals surface area contributed by atoms with Crippen molar-refractivity contribution in [1.29, 1.82) is 0 Å². The van der Waals surface area contributed by atoms with Crippen LogP contribution in [-0.2, 0) is 4.79 Å². The minimum atomic E-state index is -0.399. The first-order valence-electron chi connectivity index (χ1n) is 6.95. The normalized spacial score (nSPS) is 11.5. The number of hydrogen-bond donors (Lipinski definition) is 2. The second kappa shape index (κ2) is 9.46. The molecular formula is C14H29NO2. The van der Waals surface area contributed by atoms with Crippen LogP contribution in [0.1, 0.15) is 65.7 Å². The molecule has 17 heavy (non-hydrogen) atoms. The summed E-state index contributed by atoms with van der Waals surface area (Å²) < 4.78 is 0. The van der Waals surface area contributed by atoms with Gasteiger partial charge in [0.2, 0.25) is 5.91 Å². The van der Waals surface area contributed by atoms with Crippen LogP contribution in [0.3, 0.4) is 0 Å². The number of aliphatic hydroxyl groups excluding tert-OH is 1. The SMILES string of the molecule is CCCC(C)(CCC)CCCCNC(=O)CO. The molecule has 0 saturated carbocycles. The molecule has 0 aliphatic carbocycles. The van der Waals surface area contributed by atoms with E-state index in [1.165, 1.54) is 32.1 Å². The third-order valence-corrected chi connectivity index (χ3v) is 3.38. The average Bonchev–Trinajstić information content (AvgIpc) is 2.29. The van der Waals surface area contributed by atoms with Gasteiger partial charge in [0.25, 0.3) is 0 Å². The highest BCUT2D eigenvalue weighted by Gasteiger charge is 2.21. The van der Waals surface area contributed by atoms with E-state index >= 15 is 0 Å². The van der Waals surface area contributed by atoms with Crippen LogP contribution in [0.5, 0.6) is 0 Å². The molecule has 3 heteroatoms. The Hall–Kier alpha value is -0.570. The Morgan fingerprint density at radius 1 is 1.12 bits per heavy atom. The standard InChI is InChI=1S/C14H29NO2/c1-4-8-14(3,9-5-2)10-6-7-11-15-13(17)12-16/h16H,4-12H2,1-3H3,(H,15,17). The Morgan fingerprint density at radius 2 is 1.71 bits per heavy atom. The monoisotopic (exact) mass is 243 g/mol. The summed E-state index contributed by atoms with van der Waals surface area (Å²) >= 11 is 0. The van der Waals surface area contributed by atoms with Gasteiger partial charge >= 0.3 is 0 Å². The van der Waals surface area contributed by atoms with E-state index in [1.54, 1.807) is 0 Å². The molecule has 0 unspecified atom stereocenters. The third-order valence-electron chi connectivity index (χ3n) is 3.38. The number of unbranched alkanes of at least 4 members (excludes halogenated alkanes) is 1.